The first-order valence-corrected chi connectivity index (χ1v) is 15.3. The van der Waals surface area contributed by atoms with E-state index < -0.39 is 8.32 Å². The number of fused-ring (bicyclic) bond motifs is 1. The second kappa shape index (κ2) is 8.50. The SMILES string of the molecule is CC1([C@H]2O[C@@H](n3cnc4c(NC(=O)c5ccccc5)ncnc43)C[C@H]2O[Si](C)(C)C(C)(C)C)CC1. The summed E-state index contributed by atoms with van der Waals surface area (Å²) < 4.78 is 15.5. The molecule has 1 aliphatic carbocycles. The van der Waals surface area contributed by atoms with Crippen LogP contribution in [0.15, 0.2) is 43.0 Å². The van der Waals surface area contributed by atoms with Crippen molar-refractivity contribution in [2.75, 3.05) is 5.32 Å². The van der Waals surface area contributed by atoms with Crippen molar-refractivity contribution in [3.8, 4) is 0 Å². The molecule has 1 N–H and O–H groups in total. The minimum atomic E-state index is -1.97. The highest BCUT2D eigenvalue weighted by atomic mass is 28.4. The molecule has 1 saturated carbocycles. The average Bonchev–Trinajstić information content (AvgIpc) is 3.20. The van der Waals surface area contributed by atoms with Crippen LogP contribution in [-0.4, -0.2) is 46.0 Å². The van der Waals surface area contributed by atoms with Gasteiger partial charge in [-0.1, -0.05) is 45.9 Å². The van der Waals surface area contributed by atoms with Crippen LogP contribution in [0.5, 0.6) is 0 Å². The number of anilines is 1. The lowest BCUT2D eigenvalue weighted by Gasteiger charge is -2.40. The fourth-order valence-electron chi connectivity index (χ4n) is 4.50. The minimum absolute atomic E-state index is 0.0323. The molecule has 0 bridgehead atoms. The molecule has 3 aromatic rings. The topological polar surface area (TPSA) is 91.2 Å². The number of hydrogen-bond donors (Lipinski definition) is 1. The van der Waals surface area contributed by atoms with E-state index in [1.54, 1.807) is 18.5 Å². The number of carbonyl (C=O) groups is 1. The van der Waals surface area contributed by atoms with E-state index >= 15 is 0 Å². The van der Waals surface area contributed by atoms with Gasteiger partial charge in [0, 0.05) is 12.0 Å². The summed E-state index contributed by atoms with van der Waals surface area (Å²) >= 11 is 0. The molecule has 35 heavy (non-hydrogen) atoms. The Bertz CT molecular complexity index is 1230. The van der Waals surface area contributed by atoms with Crippen LogP contribution in [-0.2, 0) is 9.16 Å². The van der Waals surface area contributed by atoms with Crippen LogP contribution in [0, 0.1) is 5.41 Å². The van der Waals surface area contributed by atoms with Crippen LogP contribution in [0.1, 0.15) is 63.5 Å². The second-order valence-corrected chi connectivity index (χ2v) is 16.4. The molecule has 0 radical (unpaired) electrons. The van der Waals surface area contributed by atoms with Gasteiger partial charge in [-0.2, -0.15) is 0 Å². The normalized spacial score (nSPS) is 24.0. The number of benzene rings is 1. The van der Waals surface area contributed by atoms with Gasteiger partial charge in [0.15, 0.2) is 25.3 Å². The van der Waals surface area contributed by atoms with Crippen molar-refractivity contribution >= 4 is 31.2 Å². The molecular weight excluding hydrogens is 458 g/mol. The number of imidazole rings is 1. The summed E-state index contributed by atoms with van der Waals surface area (Å²) in [7, 11) is -1.97. The maximum Gasteiger partial charge on any atom is 0.256 e. The zero-order chi connectivity index (χ0) is 25.0. The predicted molar refractivity (Wildman–Crippen MR) is 138 cm³/mol. The number of rotatable bonds is 6. The lowest BCUT2D eigenvalue weighted by atomic mass is 9.97. The van der Waals surface area contributed by atoms with Gasteiger partial charge in [0.1, 0.15) is 12.6 Å². The predicted octanol–water partition coefficient (Wildman–Crippen LogP) is 5.56. The van der Waals surface area contributed by atoms with Gasteiger partial charge >= 0.3 is 0 Å². The van der Waals surface area contributed by atoms with Crippen LogP contribution >= 0.6 is 0 Å². The summed E-state index contributed by atoms with van der Waals surface area (Å²) in [6.07, 6.45) is 6.10. The van der Waals surface area contributed by atoms with Gasteiger partial charge in [-0.15, -0.1) is 0 Å². The zero-order valence-electron chi connectivity index (χ0n) is 21.4. The van der Waals surface area contributed by atoms with Crippen molar-refractivity contribution in [1.82, 2.24) is 19.5 Å². The van der Waals surface area contributed by atoms with Crippen LogP contribution in [0.25, 0.3) is 11.2 Å². The van der Waals surface area contributed by atoms with E-state index in [0.717, 1.165) is 19.3 Å². The van der Waals surface area contributed by atoms with Gasteiger partial charge in [-0.05, 0) is 48.5 Å². The van der Waals surface area contributed by atoms with Crippen LogP contribution < -0.4 is 5.32 Å². The zero-order valence-corrected chi connectivity index (χ0v) is 22.4. The molecule has 3 atom stereocenters. The number of ether oxygens (including phenoxy) is 1. The summed E-state index contributed by atoms with van der Waals surface area (Å²) in [5.74, 6) is 0.155. The maximum atomic E-state index is 12.7. The molecular formula is C26H35N5O3Si. The van der Waals surface area contributed by atoms with E-state index in [4.69, 9.17) is 9.16 Å². The van der Waals surface area contributed by atoms with Gasteiger partial charge in [-0.3, -0.25) is 9.36 Å². The minimum Gasteiger partial charge on any atom is -0.411 e. The Balaban J connectivity index is 1.41. The second-order valence-electron chi connectivity index (χ2n) is 11.7. The molecule has 5 rings (SSSR count). The summed E-state index contributed by atoms with van der Waals surface area (Å²) in [6, 6.07) is 9.06. The van der Waals surface area contributed by atoms with Crippen molar-refractivity contribution in [2.45, 2.75) is 83.5 Å². The highest BCUT2D eigenvalue weighted by Crippen LogP contribution is 2.56. The largest absolute Gasteiger partial charge is 0.411 e. The molecule has 3 heterocycles. The molecule has 8 nitrogen and oxygen atoms in total. The Morgan fingerprint density at radius 3 is 2.54 bits per heavy atom. The van der Waals surface area contributed by atoms with Crippen LogP contribution in [0.2, 0.25) is 18.1 Å². The fraction of sp³-hybridized carbons (Fsp3) is 0.538. The fourth-order valence-corrected chi connectivity index (χ4v) is 5.83. The number of amides is 1. The lowest BCUT2D eigenvalue weighted by Crippen LogP contribution is -2.47. The summed E-state index contributed by atoms with van der Waals surface area (Å²) in [6.45, 7) is 13.7. The van der Waals surface area contributed by atoms with Crippen LogP contribution in [0.3, 0.4) is 0 Å². The third kappa shape index (κ3) is 4.52. The Morgan fingerprint density at radius 2 is 1.89 bits per heavy atom. The summed E-state index contributed by atoms with van der Waals surface area (Å²) in [5, 5.41) is 3.00. The summed E-state index contributed by atoms with van der Waals surface area (Å²) in [5.41, 5.74) is 1.90. The van der Waals surface area contributed by atoms with Gasteiger partial charge in [0.25, 0.3) is 5.91 Å². The van der Waals surface area contributed by atoms with Crippen molar-refractivity contribution in [3.63, 3.8) is 0 Å². The number of aromatic nitrogens is 4. The number of nitrogens with zero attached hydrogens (tertiary/aromatic N) is 4. The van der Waals surface area contributed by atoms with E-state index in [1.807, 2.05) is 22.8 Å². The Morgan fingerprint density at radius 1 is 1.17 bits per heavy atom. The Labute approximate surface area is 207 Å². The first kappa shape index (κ1) is 24.1. The standard InChI is InChI=1S/C26H35N5O3Si/c1-25(2,3)35(5,6)34-18-14-19(33-21(18)26(4)12-13-26)31-16-29-20-22(27-15-28-23(20)31)30-24(32)17-10-8-7-9-11-17/h7-11,15-16,18-19,21H,12-14H2,1-6H3,(H,27,28,30,32)/t18-,19-,21+/m1/s1. The van der Waals surface area contributed by atoms with E-state index in [0.29, 0.717) is 22.5 Å². The molecule has 9 heteroatoms. The molecule has 1 amide bonds. The highest BCUT2D eigenvalue weighted by molar-refractivity contribution is 6.74. The molecule has 1 aliphatic heterocycles. The molecule has 2 fully saturated rings. The quantitative estimate of drug-likeness (QED) is 0.452. The van der Waals surface area contributed by atoms with E-state index in [9.17, 15) is 4.79 Å². The van der Waals surface area contributed by atoms with E-state index in [1.165, 1.54) is 6.33 Å². The van der Waals surface area contributed by atoms with Gasteiger partial charge in [-0.25, -0.2) is 15.0 Å². The number of nitrogens with one attached hydrogen (secondary N) is 1. The third-order valence-corrected chi connectivity index (χ3v) is 12.5. The molecule has 2 aromatic heterocycles. The van der Waals surface area contributed by atoms with Gasteiger partial charge in [0.05, 0.1) is 18.5 Å². The first-order chi connectivity index (χ1) is 16.5. The molecule has 2 aliphatic rings. The lowest BCUT2D eigenvalue weighted by molar-refractivity contribution is -0.0494. The first-order valence-electron chi connectivity index (χ1n) is 12.4. The molecule has 1 aromatic carbocycles. The van der Waals surface area contributed by atoms with Crippen molar-refractivity contribution in [2.24, 2.45) is 5.41 Å². The smallest absolute Gasteiger partial charge is 0.256 e. The van der Waals surface area contributed by atoms with Crippen molar-refractivity contribution in [3.05, 3.63) is 48.5 Å². The summed E-state index contributed by atoms with van der Waals surface area (Å²) in [4.78, 5) is 26.0. The van der Waals surface area contributed by atoms with E-state index in [2.05, 4.69) is 61.1 Å². The molecule has 186 valence electrons. The van der Waals surface area contributed by atoms with Crippen LogP contribution in [0.4, 0.5) is 5.82 Å². The van der Waals surface area contributed by atoms with E-state index in [-0.39, 0.29) is 34.8 Å². The Kier molecular flexibility index (Phi) is 5.85. The average molecular weight is 494 g/mol. The van der Waals surface area contributed by atoms with Gasteiger partial charge < -0.3 is 14.5 Å². The monoisotopic (exact) mass is 493 g/mol. The number of hydrogen-bond acceptors (Lipinski definition) is 6. The molecule has 0 unspecified atom stereocenters. The number of carbonyl (C=O) groups excluding carboxylic acids is 1. The van der Waals surface area contributed by atoms with Crippen molar-refractivity contribution in [1.29, 1.82) is 0 Å². The Hall–Kier alpha value is -2.62. The molecule has 1 saturated heterocycles. The van der Waals surface area contributed by atoms with Crippen molar-refractivity contribution < 1.29 is 14.0 Å². The maximum absolute atomic E-state index is 12.7. The highest BCUT2D eigenvalue weighted by Gasteiger charge is 2.56. The molecule has 0 spiro atoms. The third-order valence-electron chi connectivity index (χ3n) is 7.99. The van der Waals surface area contributed by atoms with Gasteiger partial charge in [0.2, 0.25) is 0 Å².